The summed E-state index contributed by atoms with van der Waals surface area (Å²) in [6, 6.07) is 0.767. The highest BCUT2D eigenvalue weighted by Crippen LogP contribution is 2.41. The summed E-state index contributed by atoms with van der Waals surface area (Å²) >= 11 is 0. The first-order valence-corrected chi connectivity index (χ1v) is 8.11. The van der Waals surface area contributed by atoms with Crippen LogP contribution in [0.15, 0.2) is 0 Å². The van der Waals surface area contributed by atoms with Gasteiger partial charge in [0.05, 0.1) is 0 Å². The molecule has 1 saturated heterocycles. The molecule has 2 N–H and O–H groups in total. The Morgan fingerprint density at radius 2 is 1.79 bits per heavy atom. The topological polar surface area (TPSA) is 32.5 Å². The van der Waals surface area contributed by atoms with Crippen molar-refractivity contribution >= 4 is 0 Å². The average molecular weight is 267 g/mol. The van der Waals surface area contributed by atoms with Crippen LogP contribution in [-0.4, -0.2) is 55.1 Å². The number of nitrogens with zero attached hydrogens (tertiary/aromatic N) is 2. The molecule has 3 atom stereocenters. The van der Waals surface area contributed by atoms with Gasteiger partial charge in [-0.3, -0.25) is 4.90 Å². The van der Waals surface area contributed by atoms with E-state index in [0.717, 1.165) is 24.4 Å². The highest BCUT2D eigenvalue weighted by molar-refractivity contribution is 5.01. The Balaban J connectivity index is 2.02. The van der Waals surface area contributed by atoms with E-state index in [9.17, 15) is 0 Å². The number of piperidine rings is 1. The van der Waals surface area contributed by atoms with Crippen molar-refractivity contribution in [2.75, 3.05) is 33.7 Å². The molecule has 2 rings (SSSR count). The number of nitrogens with two attached hydrogens (primary N) is 1. The van der Waals surface area contributed by atoms with E-state index < -0.39 is 0 Å². The van der Waals surface area contributed by atoms with E-state index in [1.54, 1.807) is 0 Å². The summed E-state index contributed by atoms with van der Waals surface area (Å²) in [5.41, 5.74) is 6.54. The Hall–Kier alpha value is -0.120. The van der Waals surface area contributed by atoms with Gasteiger partial charge in [0.2, 0.25) is 0 Å². The van der Waals surface area contributed by atoms with Crippen molar-refractivity contribution in [1.82, 2.24) is 9.80 Å². The van der Waals surface area contributed by atoms with E-state index in [4.69, 9.17) is 5.73 Å². The van der Waals surface area contributed by atoms with Crippen LogP contribution in [0, 0.1) is 11.8 Å². The average Bonchev–Trinajstić information content (AvgIpc) is 2.40. The van der Waals surface area contributed by atoms with Gasteiger partial charge in [-0.1, -0.05) is 13.8 Å². The largest absolute Gasteiger partial charge is 0.329 e. The lowest BCUT2D eigenvalue weighted by atomic mass is 9.68. The lowest BCUT2D eigenvalue weighted by Gasteiger charge is -2.53. The minimum absolute atomic E-state index is 0.295. The summed E-state index contributed by atoms with van der Waals surface area (Å²) in [6.07, 6.45) is 6.62. The maximum atomic E-state index is 6.25. The molecule has 0 radical (unpaired) electrons. The summed E-state index contributed by atoms with van der Waals surface area (Å²) in [7, 11) is 4.42. The maximum Gasteiger partial charge on any atom is 0.0357 e. The van der Waals surface area contributed by atoms with Crippen molar-refractivity contribution in [1.29, 1.82) is 0 Å². The molecule has 0 aromatic heterocycles. The molecule has 1 aliphatic carbocycles. The fourth-order valence-electron chi connectivity index (χ4n) is 4.41. The summed E-state index contributed by atoms with van der Waals surface area (Å²) in [4.78, 5) is 5.13. The summed E-state index contributed by atoms with van der Waals surface area (Å²) in [5, 5.41) is 0. The number of hydrogen-bond acceptors (Lipinski definition) is 3. The molecule has 112 valence electrons. The van der Waals surface area contributed by atoms with Gasteiger partial charge < -0.3 is 10.6 Å². The van der Waals surface area contributed by atoms with Gasteiger partial charge in [0.25, 0.3) is 0 Å². The SMILES string of the molecule is CC1CCC(CN)(N2CCC(N(C)C)CC2)C(C)C1. The molecule has 19 heavy (non-hydrogen) atoms. The van der Waals surface area contributed by atoms with Crippen molar-refractivity contribution < 1.29 is 0 Å². The Morgan fingerprint density at radius 1 is 1.16 bits per heavy atom. The number of rotatable bonds is 3. The van der Waals surface area contributed by atoms with Gasteiger partial charge >= 0.3 is 0 Å². The molecule has 0 spiro atoms. The second-order valence-electron chi connectivity index (χ2n) is 7.27. The monoisotopic (exact) mass is 267 g/mol. The van der Waals surface area contributed by atoms with Gasteiger partial charge in [-0.05, 0) is 58.0 Å². The zero-order chi connectivity index (χ0) is 14.0. The lowest BCUT2D eigenvalue weighted by Crippen LogP contribution is -2.62. The molecule has 1 aliphatic heterocycles. The molecule has 3 nitrogen and oxygen atoms in total. The van der Waals surface area contributed by atoms with Crippen LogP contribution in [0.2, 0.25) is 0 Å². The van der Waals surface area contributed by atoms with Gasteiger partial charge in [0.1, 0.15) is 0 Å². The highest BCUT2D eigenvalue weighted by atomic mass is 15.2. The van der Waals surface area contributed by atoms with Gasteiger partial charge in [-0.15, -0.1) is 0 Å². The third kappa shape index (κ3) is 2.98. The van der Waals surface area contributed by atoms with Crippen LogP contribution < -0.4 is 5.73 Å². The predicted molar refractivity (Wildman–Crippen MR) is 82.2 cm³/mol. The zero-order valence-electron chi connectivity index (χ0n) is 13.4. The van der Waals surface area contributed by atoms with Crippen molar-refractivity contribution in [2.24, 2.45) is 17.6 Å². The predicted octanol–water partition coefficient (Wildman–Crippen LogP) is 2.17. The molecule has 0 aromatic rings. The molecule has 0 bridgehead atoms. The number of likely N-dealkylation sites (tertiary alicyclic amines) is 1. The highest BCUT2D eigenvalue weighted by Gasteiger charge is 2.44. The third-order valence-corrected chi connectivity index (χ3v) is 5.92. The molecule has 2 aliphatic rings. The fourth-order valence-corrected chi connectivity index (χ4v) is 4.41. The van der Waals surface area contributed by atoms with E-state index in [1.165, 1.54) is 45.2 Å². The van der Waals surface area contributed by atoms with Gasteiger partial charge in [0.15, 0.2) is 0 Å². The third-order valence-electron chi connectivity index (χ3n) is 5.92. The first-order chi connectivity index (χ1) is 8.99. The van der Waals surface area contributed by atoms with Crippen molar-refractivity contribution in [3.05, 3.63) is 0 Å². The van der Waals surface area contributed by atoms with Crippen LogP contribution in [0.25, 0.3) is 0 Å². The first-order valence-electron chi connectivity index (χ1n) is 8.11. The number of hydrogen-bond donors (Lipinski definition) is 1. The quantitative estimate of drug-likeness (QED) is 0.850. The van der Waals surface area contributed by atoms with E-state index in [0.29, 0.717) is 5.54 Å². The van der Waals surface area contributed by atoms with Crippen molar-refractivity contribution in [2.45, 2.75) is 57.5 Å². The molecule has 1 saturated carbocycles. The fraction of sp³-hybridized carbons (Fsp3) is 1.00. The summed E-state index contributed by atoms with van der Waals surface area (Å²) in [6.45, 7) is 8.14. The van der Waals surface area contributed by atoms with Crippen molar-refractivity contribution in [3.63, 3.8) is 0 Å². The van der Waals surface area contributed by atoms with Crippen LogP contribution >= 0.6 is 0 Å². The van der Waals surface area contributed by atoms with Crippen molar-refractivity contribution in [3.8, 4) is 0 Å². The molecular weight excluding hydrogens is 234 g/mol. The van der Waals surface area contributed by atoms with Gasteiger partial charge in [-0.25, -0.2) is 0 Å². The maximum absolute atomic E-state index is 6.25. The molecule has 0 aromatic carbocycles. The Labute approximate surface area is 119 Å². The van der Waals surface area contributed by atoms with E-state index in [2.05, 4.69) is 37.7 Å². The van der Waals surface area contributed by atoms with Crippen LogP contribution in [0.4, 0.5) is 0 Å². The molecule has 3 heteroatoms. The van der Waals surface area contributed by atoms with E-state index in [-0.39, 0.29) is 0 Å². The molecule has 3 unspecified atom stereocenters. The van der Waals surface area contributed by atoms with Crippen LogP contribution in [0.1, 0.15) is 46.0 Å². The summed E-state index contributed by atoms with van der Waals surface area (Å²) in [5.74, 6) is 1.63. The Morgan fingerprint density at radius 3 is 2.26 bits per heavy atom. The smallest absolute Gasteiger partial charge is 0.0357 e. The second kappa shape index (κ2) is 6.11. The van der Waals surface area contributed by atoms with Gasteiger partial charge in [0, 0.05) is 31.2 Å². The van der Waals surface area contributed by atoms with Gasteiger partial charge in [-0.2, -0.15) is 0 Å². The zero-order valence-corrected chi connectivity index (χ0v) is 13.4. The first kappa shape index (κ1) is 15.3. The normalized spacial score (nSPS) is 38.8. The summed E-state index contributed by atoms with van der Waals surface area (Å²) < 4.78 is 0. The molecule has 2 fully saturated rings. The second-order valence-corrected chi connectivity index (χ2v) is 7.27. The van der Waals surface area contributed by atoms with E-state index in [1.807, 2.05) is 0 Å². The molecule has 0 amide bonds. The standard InChI is InChI=1S/C16H33N3/c1-13-5-8-16(12-17,14(2)11-13)19-9-6-15(7-10-19)18(3)4/h13-15H,5-12,17H2,1-4H3. The Bertz CT molecular complexity index is 284. The molecular formula is C16H33N3. The van der Waals surface area contributed by atoms with Crippen LogP contribution in [0.5, 0.6) is 0 Å². The minimum Gasteiger partial charge on any atom is -0.329 e. The van der Waals surface area contributed by atoms with E-state index >= 15 is 0 Å². The lowest BCUT2D eigenvalue weighted by molar-refractivity contribution is -0.0239. The molecule has 1 heterocycles. The van der Waals surface area contributed by atoms with Crippen LogP contribution in [-0.2, 0) is 0 Å². The minimum atomic E-state index is 0.295. The van der Waals surface area contributed by atoms with Crippen LogP contribution in [0.3, 0.4) is 0 Å². The Kier molecular flexibility index (Phi) is 4.91.